The molecule has 2 heterocycles. The van der Waals surface area contributed by atoms with Crippen molar-refractivity contribution in [3.05, 3.63) is 96.2 Å². The van der Waals surface area contributed by atoms with E-state index in [2.05, 4.69) is 6.07 Å². The highest BCUT2D eigenvalue weighted by atomic mass is 15.5. The highest BCUT2D eigenvalue weighted by Crippen LogP contribution is 2.34. The van der Waals surface area contributed by atoms with Gasteiger partial charge in [0.15, 0.2) is 5.84 Å². The van der Waals surface area contributed by atoms with E-state index in [4.69, 9.17) is 10.1 Å². The summed E-state index contributed by atoms with van der Waals surface area (Å²) in [6.07, 6.45) is 7.49. The molecule has 0 spiro atoms. The number of fused-ring (bicyclic) bond motifs is 1. The van der Waals surface area contributed by atoms with Crippen LogP contribution in [0.4, 0.5) is 0 Å². The molecule has 24 heavy (non-hydrogen) atoms. The number of rotatable bonds is 2. The number of hydrazone groups is 1. The minimum absolute atomic E-state index is 0.625. The molecule has 114 valence electrons. The van der Waals surface area contributed by atoms with Gasteiger partial charge in [-0.05, 0) is 12.2 Å². The van der Waals surface area contributed by atoms with Crippen LogP contribution in [0, 0.1) is 11.3 Å². The van der Waals surface area contributed by atoms with Crippen LogP contribution in [0.3, 0.4) is 0 Å². The first-order chi connectivity index (χ1) is 11.8. The van der Waals surface area contributed by atoms with E-state index in [1.807, 2.05) is 85.1 Å². The van der Waals surface area contributed by atoms with Crippen molar-refractivity contribution in [1.29, 1.82) is 5.26 Å². The monoisotopic (exact) mass is 310 g/mol. The number of amidine groups is 1. The Balaban J connectivity index is 1.98. The number of hydrogen-bond acceptors (Lipinski definition) is 4. The number of aliphatic imine (C=N–C) groups is 1. The highest BCUT2D eigenvalue weighted by Gasteiger charge is 2.42. The van der Waals surface area contributed by atoms with Gasteiger partial charge in [0, 0.05) is 17.3 Å². The lowest BCUT2D eigenvalue weighted by Gasteiger charge is -2.33. The zero-order valence-corrected chi connectivity index (χ0v) is 12.9. The molecule has 0 amide bonds. The van der Waals surface area contributed by atoms with Crippen molar-refractivity contribution >= 4 is 11.5 Å². The molecule has 0 bridgehead atoms. The molecule has 0 saturated carbocycles. The Morgan fingerprint density at radius 2 is 1.62 bits per heavy atom. The Morgan fingerprint density at radius 1 is 0.917 bits per heavy atom. The maximum absolute atomic E-state index is 10.1. The largest absolute Gasteiger partial charge is 0.233 e. The van der Waals surface area contributed by atoms with Gasteiger partial charge in [0.1, 0.15) is 11.8 Å². The van der Waals surface area contributed by atoms with Gasteiger partial charge < -0.3 is 0 Å². The Bertz CT molecular complexity index is 917. The van der Waals surface area contributed by atoms with Crippen molar-refractivity contribution in [1.82, 2.24) is 5.01 Å². The zero-order chi connectivity index (χ0) is 16.4. The molecule has 0 N–H and O–H groups in total. The van der Waals surface area contributed by atoms with Crippen LogP contribution < -0.4 is 0 Å². The first kappa shape index (κ1) is 14.2. The molecular weight excluding hydrogens is 296 g/mol. The topological polar surface area (TPSA) is 51.8 Å². The van der Waals surface area contributed by atoms with E-state index in [0.717, 1.165) is 11.1 Å². The molecule has 4 nitrogen and oxygen atoms in total. The summed E-state index contributed by atoms with van der Waals surface area (Å²) in [6, 6.07) is 21.8. The van der Waals surface area contributed by atoms with Crippen molar-refractivity contribution in [2.24, 2.45) is 10.1 Å². The summed E-state index contributed by atoms with van der Waals surface area (Å²) in [7, 11) is 0. The molecule has 2 aromatic rings. The summed E-state index contributed by atoms with van der Waals surface area (Å²) in [5.41, 5.74) is 1.16. The fourth-order valence-corrected chi connectivity index (χ4v) is 2.89. The molecule has 2 aliphatic heterocycles. The predicted molar refractivity (Wildman–Crippen MR) is 94.3 cm³/mol. The third-order valence-corrected chi connectivity index (χ3v) is 4.05. The van der Waals surface area contributed by atoms with E-state index in [1.165, 1.54) is 0 Å². The fraction of sp³-hybridized carbons (Fsp3) is 0.0500. The van der Waals surface area contributed by atoms with Crippen LogP contribution in [0.15, 0.2) is 95.2 Å². The number of nitrogens with zero attached hydrogens (tertiary/aromatic N) is 4. The summed E-state index contributed by atoms with van der Waals surface area (Å²) in [4.78, 5) is 4.79. The molecule has 4 heteroatoms. The van der Waals surface area contributed by atoms with Gasteiger partial charge in [-0.3, -0.25) is 0 Å². The summed E-state index contributed by atoms with van der Waals surface area (Å²) in [5.74, 6) is 0.655. The van der Waals surface area contributed by atoms with Gasteiger partial charge in [-0.1, -0.05) is 66.7 Å². The maximum atomic E-state index is 10.1. The van der Waals surface area contributed by atoms with Gasteiger partial charge in [0.25, 0.3) is 0 Å². The Kier molecular flexibility index (Phi) is 3.33. The normalized spacial score (nSPS) is 21.5. The third-order valence-electron chi connectivity index (χ3n) is 4.05. The van der Waals surface area contributed by atoms with Crippen molar-refractivity contribution in [2.75, 3.05) is 0 Å². The average molecular weight is 310 g/mol. The maximum Gasteiger partial charge on any atom is 0.218 e. The molecule has 0 fully saturated rings. The first-order valence-corrected chi connectivity index (χ1v) is 7.69. The van der Waals surface area contributed by atoms with E-state index in [-0.39, 0.29) is 0 Å². The van der Waals surface area contributed by atoms with E-state index in [1.54, 1.807) is 5.01 Å². The molecule has 0 aliphatic carbocycles. The van der Waals surface area contributed by atoms with Crippen molar-refractivity contribution in [3.8, 4) is 6.07 Å². The second-order valence-electron chi connectivity index (χ2n) is 5.52. The van der Waals surface area contributed by atoms with Gasteiger partial charge in [0.05, 0.1) is 0 Å². The van der Waals surface area contributed by atoms with Crippen LogP contribution in [-0.4, -0.2) is 16.6 Å². The van der Waals surface area contributed by atoms with E-state index >= 15 is 0 Å². The van der Waals surface area contributed by atoms with E-state index < -0.39 is 5.54 Å². The number of hydrogen-bond donors (Lipinski definition) is 0. The SMILES string of the molecule is N#CC1(c2ccccc2)N=C2C=CC=CN2N=C1c1ccccc1. The predicted octanol–water partition coefficient (Wildman–Crippen LogP) is 3.61. The molecule has 0 radical (unpaired) electrons. The lowest BCUT2D eigenvalue weighted by atomic mass is 9.83. The van der Waals surface area contributed by atoms with Crippen molar-refractivity contribution in [2.45, 2.75) is 5.54 Å². The smallest absolute Gasteiger partial charge is 0.218 e. The molecular formula is C20H14N4. The van der Waals surface area contributed by atoms with Crippen LogP contribution in [0.25, 0.3) is 0 Å². The minimum Gasteiger partial charge on any atom is -0.233 e. The van der Waals surface area contributed by atoms with Crippen molar-refractivity contribution < 1.29 is 0 Å². The third kappa shape index (κ3) is 2.15. The van der Waals surface area contributed by atoms with Gasteiger partial charge >= 0.3 is 0 Å². The van der Waals surface area contributed by atoms with Gasteiger partial charge in [0.2, 0.25) is 5.54 Å². The molecule has 0 aromatic heterocycles. The van der Waals surface area contributed by atoms with E-state index in [9.17, 15) is 5.26 Å². The van der Waals surface area contributed by atoms with Gasteiger partial charge in [-0.2, -0.15) is 10.4 Å². The van der Waals surface area contributed by atoms with Gasteiger partial charge in [-0.25, -0.2) is 10.0 Å². The number of allylic oxidation sites excluding steroid dienone is 2. The average Bonchev–Trinajstić information content (AvgIpc) is 2.68. The first-order valence-electron chi connectivity index (χ1n) is 7.69. The Hall–Kier alpha value is -3.45. The summed E-state index contributed by atoms with van der Waals surface area (Å²) in [6.45, 7) is 0. The van der Waals surface area contributed by atoms with Crippen LogP contribution >= 0.6 is 0 Å². The molecule has 1 atom stereocenters. The Labute approximate surface area is 140 Å². The molecule has 0 saturated heterocycles. The van der Waals surface area contributed by atoms with Crippen LogP contribution in [0.5, 0.6) is 0 Å². The molecule has 2 aromatic carbocycles. The lowest BCUT2D eigenvalue weighted by molar-refractivity contribution is 0.554. The summed E-state index contributed by atoms with van der Waals surface area (Å²) < 4.78 is 0. The molecule has 4 rings (SSSR count). The van der Waals surface area contributed by atoms with Crippen LogP contribution in [0.2, 0.25) is 0 Å². The van der Waals surface area contributed by atoms with Crippen molar-refractivity contribution in [3.63, 3.8) is 0 Å². The van der Waals surface area contributed by atoms with Gasteiger partial charge in [-0.15, -0.1) is 0 Å². The Morgan fingerprint density at radius 3 is 2.33 bits per heavy atom. The minimum atomic E-state index is -1.16. The molecule has 2 aliphatic rings. The highest BCUT2D eigenvalue weighted by molar-refractivity contribution is 6.14. The quantitative estimate of drug-likeness (QED) is 0.851. The fourth-order valence-electron chi connectivity index (χ4n) is 2.89. The lowest BCUT2D eigenvalue weighted by Crippen LogP contribution is -2.42. The zero-order valence-electron chi connectivity index (χ0n) is 12.9. The second kappa shape index (κ2) is 5.64. The number of nitriles is 1. The summed E-state index contributed by atoms with van der Waals surface area (Å²) >= 11 is 0. The second-order valence-corrected chi connectivity index (χ2v) is 5.52. The molecule has 1 unspecified atom stereocenters. The standard InChI is InChI=1S/C20H14N4/c21-15-20(17-11-5-2-6-12-17)19(16-9-3-1-4-10-16)23-24-14-8-7-13-18(24)22-20/h1-14H. The van der Waals surface area contributed by atoms with E-state index in [0.29, 0.717) is 11.5 Å². The van der Waals surface area contributed by atoms with Crippen LogP contribution in [-0.2, 0) is 5.54 Å². The summed E-state index contributed by atoms with van der Waals surface area (Å²) in [5, 5.41) is 16.6. The number of benzene rings is 2. The van der Waals surface area contributed by atoms with Crippen LogP contribution in [0.1, 0.15) is 11.1 Å².